The van der Waals surface area contributed by atoms with Crippen LogP contribution in [-0.2, 0) is 27.7 Å². The smallest absolute Gasteiger partial charge is 0.243 e. The Morgan fingerprint density at radius 2 is 1.82 bits per heavy atom. The van der Waals surface area contributed by atoms with Crippen molar-refractivity contribution in [2.75, 3.05) is 36.1 Å². The van der Waals surface area contributed by atoms with E-state index in [-0.39, 0.29) is 16.7 Å². The highest BCUT2D eigenvalue weighted by atomic mass is 35.5. The molecule has 0 atom stereocenters. The number of anilines is 5. The quantitative estimate of drug-likeness (QED) is 0.231. The molecule has 2 aliphatic rings. The van der Waals surface area contributed by atoms with Crippen molar-refractivity contribution in [2.24, 2.45) is 5.92 Å². The lowest BCUT2D eigenvalue weighted by molar-refractivity contribution is -0.117. The van der Waals surface area contributed by atoms with Crippen molar-refractivity contribution in [3.05, 3.63) is 89.1 Å². The number of halogens is 1. The van der Waals surface area contributed by atoms with E-state index in [0.717, 1.165) is 34.6 Å². The minimum Gasteiger partial charge on any atom is -0.497 e. The number of carbonyl (C=O) groups excluding carboxylic acids is 1. The number of methoxy groups -OCH3 is 1. The summed E-state index contributed by atoms with van der Waals surface area (Å²) in [4.78, 5) is 22.3. The van der Waals surface area contributed by atoms with Gasteiger partial charge in [-0.15, -0.1) is 0 Å². The second-order valence-corrected chi connectivity index (χ2v) is 13.3. The predicted molar refractivity (Wildman–Crippen MR) is 172 cm³/mol. The maximum Gasteiger partial charge on any atom is 0.243 e. The van der Waals surface area contributed by atoms with Gasteiger partial charge in [0.1, 0.15) is 10.8 Å². The zero-order valence-electron chi connectivity index (χ0n) is 24.2. The zero-order chi connectivity index (χ0) is 30.7. The molecule has 0 spiro atoms. The van der Waals surface area contributed by atoms with Crippen LogP contribution in [0.2, 0.25) is 5.02 Å². The van der Waals surface area contributed by atoms with Crippen molar-refractivity contribution >= 4 is 56.4 Å². The fraction of sp³-hybridized carbons (Fsp3) is 0.281. The Labute approximate surface area is 261 Å². The molecule has 0 unspecified atom stereocenters. The van der Waals surface area contributed by atoms with Crippen LogP contribution in [0.25, 0.3) is 0 Å². The average Bonchev–Trinajstić information content (AvgIpc) is 3.03. The van der Waals surface area contributed by atoms with Crippen LogP contribution < -0.4 is 20.7 Å². The Hall–Kier alpha value is -4.19. The molecule has 0 aliphatic carbocycles. The van der Waals surface area contributed by atoms with Crippen LogP contribution in [0.3, 0.4) is 0 Å². The van der Waals surface area contributed by atoms with E-state index in [4.69, 9.17) is 16.3 Å². The van der Waals surface area contributed by atoms with Crippen LogP contribution in [0.5, 0.6) is 5.75 Å². The number of nitrogens with one attached hydrogen (secondary N) is 3. The van der Waals surface area contributed by atoms with E-state index >= 15 is 0 Å². The lowest BCUT2D eigenvalue weighted by Gasteiger charge is -2.31. The number of benzene rings is 3. The topological polar surface area (TPSA) is 126 Å². The zero-order valence-corrected chi connectivity index (χ0v) is 25.8. The molecule has 3 N–H and O–H groups in total. The molecule has 1 amide bonds. The number of piperidine rings is 1. The first-order valence-corrected chi connectivity index (χ1v) is 16.3. The first-order valence-electron chi connectivity index (χ1n) is 14.5. The Morgan fingerprint density at radius 3 is 2.64 bits per heavy atom. The number of amides is 1. The number of ether oxygens (including phenoxy) is 1. The molecule has 12 heteroatoms. The number of nitrogens with zero attached hydrogens (tertiary/aromatic N) is 3. The predicted octanol–water partition coefficient (Wildman–Crippen LogP) is 6.15. The standard InChI is InChI=1S/C32H33ClN6O4S/c1-43-26-6-3-7-27(19-26)44(41,42)39-14-12-22(13-15-39)17-30(40)37-29-11-10-25-18-23(29)9-8-21-4-2-5-24(16-21)36-32-34-20-28(33)31(35-25)38-32/h2-7,10-11,16,18-20,22H,8-9,12-15,17H2,1H3,(H,37,40)(H2,34,35,36,38). The summed E-state index contributed by atoms with van der Waals surface area (Å²) < 4.78 is 33.0. The number of rotatable bonds is 6. The number of aromatic nitrogens is 2. The SMILES string of the molecule is COc1cccc(S(=O)(=O)N2CCC(CC(=O)Nc3ccc4cc3CCc3cccc(c3)Nc3ncc(Cl)c(n3)N4)CC2)c1. The largest absolute Gasteiger partial charge is 0.497 e. The molecule has 2 aliphatic heterocycles. The molecule has 3 aromatic carbocycles. The third-order valence-corrected chi connectivity index (χ3v) is 10.2. The maximum atomic E-state index is 13.2. The van der Waals surface area contributed by atoms with Gasteiger partial charge >= 0.3 is 0 Å². The van der Waals surface area contributed by atoms with Crippen molar-refractivity contribution in [3.8, 4) is 5.75 Å². The third kappa shape index (κ3) is 6.80. The van der Waals surface area contributed by atoms with Gasteiger partial charge in [0.15, 0.2) is 5.82 Å². The number of sulfonamides is 1. The molecule has 0 radical (unpaired) electrons. The minimum absolute atomic E-state index is 0.0853. The summed E-state index contributed by atoms with van der Waals surface area (Å²) in [6.07, 6.45) is 4.56. The number of fused-ring (bicyclic) bond motifs is 6. The van der Waals surface area contributed by atoms with E-state index in [1.165, 1.54) is 17.5 Å². The first-order chi connectivity index (χ1) is 21.3. The van der Waals surface area contributed by atoms with E-state index in [0.29, 0.717) is 61.3 Å². The molecule has 6 rings (SSSR count). The maximum absolute atomic E-state index is 13.2. The van der Waals surface area contributed by atoms with E-state index in [2.05, 4.69) is 38.1 Å². The van der Waals surface area contributed by atoms with E-state index < -0.39 is 10.0 Å². The summed E-state index contributed by atoms with van der Waals surface area (Å²) in [6, 6.07) is 20.4. The van der Waals surface area contributed by atoms with E-state index in [1.807, 2.05) is 30.3 Å². The van der Waals surface area contributed by atoms with Crippen LogP contribution in [-0.4, -0.2) is 48.8 Å². The van der Waals surface area contributed by atoms with E-state index in [1.54, 1.807) is 24.4 Å². The van der Waals surface area contributed by atoms with Gasteiger partial charge < -0.3 is 20.7 Å². The molecule has 0 saturated carbocycles. The Kier molecular flexibility index (Phi) is 8.69. The van der Waals surface area contributed by atoms with Gasteiger partial charge in [0.2, 0.25) is 21.9 Å². The highest BCUT2D eigenvalue weighted by Gasteiger charge is 2.30. The molecule has 1 saturated heterocycles. The molecule has 228 valence electrons. The second kappa shape index (κ2) is 12.8. The van der Waals surface area contributed by atoms with Gasteiger partial charge in [-0.2, -0.15) is 9.29 Å². The van der Waals surface area contributed by atoms with Crippen molar-refractivity contribution in [1.29, 1.82) is 0 Å². The first kappa shape index (κ1) is 29.9. The normalized spacial score (nSPS) is 15.5. The van der Waals surface area contributed by atoms with Crippen LogP contribution in [0.4, 0.5) is 28.8 Å². The van der Waals surface area contributed by atoms with Crippen LogP contribution in [0.1, 0.15) is 30.4 Å². The van der Waals surface area contributed by atoms with Crippen molar-refractivity contribution in [2.45, 2.75) is 37.0 Å². The Balaban J connectivity index is 1.14. The number of carbonyl (C=O) groups is 1. The van der Waals surface area contributed by atoms with Gasteiger partial charge in [-0.3, -0.25) is 4.79 Å². The minimum atomic E-state index is -3.63. The van der Waals surface area contributed by atoms with Gasteiger partial charge in [0.05, 0.1) is 18.2 Å². The van der Waals surface area contributed by atoms with E-state index in [9.17, 15) is 13.2 Å². The molecular formula is C32H33ClN6O4S. The summed E-state index contributed by atoms with van der Waals surface area (Å²) in [5, 5.41) is 10.0. The fourth-order valence-electron chi connectivity index (χ4n) is 5.59. The van der Waals surface area contributed by atoms with Crippen LogP contribution >= 0.6 is 11.6 Å². The Bertz CT molecular complexity index is 1790. The van der Waals surface area contributed by atoms with Crippen LogP contribution in [0.15, 0.2) is 77.8 Å². The lowest BCUT2D eigenvalue weighted by Crippen LogP contribution is -2.39. The Morgan fingerprint density at radius 1 is 1.02 bits per heavy atom. The fourth-order valence-corrected chi connectivity index (χ4v) is 7.24. The molecule has 44 heavy (non-hydrogen) atoms. The van der Waals surface area contributed by atoms with Crippen molar-refractivity contribution in [3.63, 3.8) is 0 Å². The summed E-state index contributed by atoms with van der Waals surface area (Å²) in [5.41, 5.74) is 4.52. The highest BCUT2D eigenvalue weighted by molar-refractivity contribution is 7.89. The van der Waals surface area contributed by atoms with Gasteiger partial charge in [0.25, 0.3) is 0 Å². The summed E-state index contributed by atoms with van der Waals surface area (Å²) in [5.74, 6) is 1.40. The van der Waals surface area contributed by atoms with Gasteiger partial charge in [-0.1, -0.05) is 29.8 Å². The molecule has 10 nitrogen and oxygen atoms in total. The number of hydrogen-bond acceptors (Lipinski definition) is 8. The molecule has 6 bridgehead atoms. The number of aryl methyl sites for hydroxylation is 2. The summed E-state index contributed by atoms with van der Waals surface area (Å²) >= 11 is 6.39. The second-order valence-electron chi connectivity index (χ2n) is 11.0. The summed E-state index contributed by atoms with van der Waals surface area (Å²) in [6.45, 7) is 0.731. The van der Waals surface area contributed by atoms with Crippen molar-refractivity contribution < 1.29 is 17.9 Å². The van der Waals surface area contributed by atoms with Crippen molar-refractivity contribution in [1.82, 2.24) is 14.3 Å². The van der Waals surface area contributed by atoms with Gasteiger partial charge in [-0.05, 0) is 85.2 Å². The average molecular weight is 633 g/mol. The monoisotopic (exact) mass is 632 g/mol. The third-order valence-electron chi connectivity index (χ3n) is 7.98. The molecule has 1 aromatic heterocycles. The summed E-state index contributed by atoms with van der Waals surface area (Å²) in [7, 11) is -2.12. The van der Waals surface area contributed by atoms with Gasteiger partial charge in [-0.25, -0.2) is 13.4 Å². The number of hydrogen-bond donors (Lipinski definition) is 3. The molecule has 3 heterocycles. The molecule has 4 aromatic rings. The molecular weight excluding hydrogens is 600 g/mol. The molecule has 1 fully saturated rings. The van der Waals surface area contributed by atoms with Crippen LogP contribution in [0, 0.1) is 5.92 Å². The lowest BCUT2D eigenvalue weighted by atomic mass is 9.94. The highest BCUT2D eigenvalue weighted by Crippen LogP contribution is 2.31. The van der Waals surface area contributed by atoms with Gasteiger partial charge in [0, 0.05) is 42.6 Å².